The van der Waals surface area contributed by atoms with Crippen LogP contribution in [0.3, 0.4) is 0 Å². The molecule has 1 aromatic carbocycles. The second-order valence-electron chi connectivity index (χ2n) is 6.80. The summed E-state index contributed by atoms with van der Waals surface area (Å²) in [6.45, 7) is 4.61. The maximum Gasteiger partial charge on any atom is 0.416 e. The quantitative estimate of drug-likeness (QED) is 0.770. The lowest BCUT2D eigenvalue weighted by atomic mass is 10.1. The number of amides is 2. The van der Waals surface area contributed by atoms with Gasteiger partial charge in [0.25, 0.3) is 5.91 Å². The van der Waals surface area contributed by atoms with Gasteiger partial charge in [-0.1, -0.05) is 6.07 Å². The minimum absolute atomic E-state index is 0.166. The van der Waals surface area contributed by atoms with E-state index in [4.69, 9.17) is 0 Å². The molecule has 10 heteroatoms. The monoisotopic (exact) mass is 428 g/mol. The SMILES string of the molecule is Cc1cn(C(C)C(=O)NCCN(C)C)c(=NC(=O)c2cccc(C(F)(F)F)c2)s1. The predicted octanol–water partition coefficient (Wildman–Crippen LogP) is 2.86. The zero-order chi connectivity index (χ0) is 21.8. The third kappa shape index (κ3) is 6.26. The van der Waals surface area contributed by atoms with Gasteiger partial charge in [-0.2, -0.15) is 18.2 Å². The van der Waals surface area contributed by atoms with Crippen LogP contribution in [0, 0.1) is 6.92 Å². The number of halogens is 3. The maximum atomic E-state index is 12.9. The molecule has 0 spiro atoms. The summed E-state index contributed by atoms with van der Waals surface area (Å²) in [7, 11) is 3.78. The first kappa shape index (κ1) is 22.8. The van der Waals surface area contributed by atoms with Crippen LogP contribution in [0.15, 0.2) is 35.5 Å². The van der Waals surface area contributed by atoms with Crippen molar-refractivity contribution in [2.75, 3.05) is 27.2 Å². The van der Waals surface area contributed by atoms with Crippen LogP contribution in [0.1, 0.15) is 33.8 Å². The van der Waals surface area contributed by atoms with E-state index in [9.17, 15) is 22.8 Å². The zero-order valence-electron chi connectivity index (χ0n) is 16.6. The molecule has 1 aromatic heterocycles. The summed E-state index contributed by atoms with van der Waals surface area (Å²) in [5.74, 6) is -1.04. The van der Waals surface area contributed by atoms with Crippen LogP contribution < -0.4 is 10.1 Å². The lowest BCUT2D eigenvalue weighted by Gasteiger charge is -2.15. The third-order valence-corrected chi connectivity index (χ3v) is 5.00. The summed E-state index contributed by atoms with van der Waals surface area (Å²) < 4.78 is 40.2. The van der Waals surface area contributed by atoms with Crippen molar-refractivity contribution < 1.29 is 22.8 Å². The third-order valence-electron chi connectivity index (χ3n) is 4.08. The number of benzene rings is 1. The number of rotatable bonds is 6. The number of aryl methyl sites for hydroxylation is 1. The van der Waals surface area contributed by atoms with E-state index in [0.717, 1.165) is 17.0 Å². The second-order valence-corrected chi connectivity index (χ2v) is 8.01. The van der Waals surface area contributed by atoms with Gasteiger partial charge in [0.1, 0.15) is 6.04 Å². The molecule has 29 heavy (non-hydrogen) atoms. The van der Waals surface area contributed by atoms with E-state index in [0.29, 0.717) is 13.1 Å². The molecule has 0 fully saturated rings. The molecular formula is C19H23F3N4O2S. The van der Waals surface area contributed by atoms with E-state index in [1.807, 2.05) is 19.0 Å². The molecule has 0 aliphatic carbocycles. The number of likely N-dealkylation sites (N-methyl/N-ethyl adjacent to an activating group) is 1. The van der Waals surface area contributed by atoms with Gasteiger partial charge in [0.15, 0.2) is 4.80 Å². The van der Waals surface area contributed by atoms with Crippen LogP contribution in [0.25, 0.3) is 0 Å². The standard InChI is InChI=1S/C19H23F3N4O2S/c1-12-11-26(13(2)16(27)23-8-9-25(3)4)18(29-12)24-17(28)14-6-5-7-15(10-14)19(20,21)22/h5-7,10-11,13H,8-9H2,1-4H3,(H,23,27). The van der Waals surface area contributed by atoms with E-state index in [-0.39, 0.29) is 16.3 Å². The molecule has 0 aliphatic rings. The molecule has 2 amide bonds. The number of nitrogens with zero attached hydrogens (tertiary/aromatic N) is 3. The summed E-state index contributed by atoms with van der Waals surface area (Å²) in [4.78, 5) is 31.8. The molecule has 0 radical (unpaired) electrons. The summed E-state index contributed by atoms with van der Waals surface area (Å²) in [6, 6.07) is 3.49. The lowest BCUT2D eigenvalue weighted by Crippen LogP contribution is -2.37. The van der Waals surface area contributed by atoms with Gasteiger partial charge in [0.2, 0.25) is 5.91 Å². The molecule has 2 aromatic rings. The molecule has 2 rings (SSSR count). The largest absolute Gasteiger partial charge is 0.416 e. The Bertz CT molecular complexity index is 947. The van der Waals surface area contributed by atoms with E-state index >= 15 is 0 Å². The maximum absolute atomic E-state index is 12.9. The van der Waals surface area contributed by atoms with Crippen molar-refractivity contribution >= 4 is 23.2 Å². The van der Waals surface area contributed by atoms with Crippen LogP contribution in [-0.4, -0.2) is 48.5 Å². The van der Waals surface area contributed by atoms with Crippen LogP contribution in [0.4, 0.5) is 13.2 Å². The number of carbonyl (C=O) groups is 2. The van der Waals surface area contributed by atoms with Gasteiger partial charge >= 0.3 is 6.18 Å². The number of hydrogen-bond donors (Lipinski definition) is 1. The number of carbonyl (C=O) groups excluding carboxylic acids is 2. The van der Waals surface area contributed by atoms with Crippen molar-refractivity contribution in [3.05, 3.63) is 51.3 Å². The highest BCUT2D eigenvalue weighted by molar-refractivity contribution is 7.09. The van der Waals surface area contributed by atoms with Crippen molar-refractivity contribution in [3.8, 4) is 0 Å². The summed E-state index contributed by atoms with van der Waals surface area (Å²) in [5, 5.41) is 2.81. The fraction of sp³-hybridized carbons (Fsp3) is 0.421. The Labute approximate surface area is 170 Å². The number of hydrogen-bond acceptors (Lipinski definition) is 4. The summed E-state index contributed by atoms with van der Waals surface area (Å²) in [5.41, 5.74) is -1.08. The number of thiazole rings is 1. The van der Waals surface area contributed by atoms with E-state index in [1.54, 1.807) is 24.6 Å². The van der Waals surface area contributed by atoms with Gasteiger partial charge < -0.3 is 14.8 Å². The first-order valence-corrected chi connectivity index (χ1v) is 9.68. The van der Waals surface area contributed by atoms with E-state index in [2.05, 4.69) is 10.3 Å². The average Bonchev–Trinajstić information content (AvgIpc) is 3.00. The van der Waals surface area contributed by atoms with Crippen LogP contribution >= 0.6 is 11.3 Å². The number of nitrogens with one attached hydrogen (secondary N) is 1. The number of aromatic nitrogens is 1. The normalized spacial score (nSPS) is 13.6. The molecule has 158 valence electrons. The molecular weight excluding hydrogens is 405 g/mol. The topological polar surface area (TPSA) is 66.7 Å². The van der Waals surface area contributed by atoms with Crippen LogP contribution in [0.2, 0.25) is 0 Å². The molecule has 0 aliphatic heterocycles. The van der Waals surface area contributed by atoms with Crippen molar-refractivity contribution in [3.63, 3.8) is 0 Å². The first-order chi connectivity index (χ1) is 13.5. The Morgan fingerprint density at radius 1 is 1.31 bits per heavy atom. The predicted molar refractivity (Wildman–Crippen MR) is 105 cm³/mol. The zero-order valence-corrected chi connectivity index (χ0v) is 17.4. The van der Waals surface area contributed by atoms with Gasteiger partial charge in [-0.05, 0) is 46.1 Å². The van der Waals surface area contributed by atoms with Crippen LogP contribution in [0.5, 0.6) is 0 Å². The fourth-order valence-electron chi connectivity index (χ4n) is 2.49. The van der Waals surface area contributed by atoms with Crippen molar-refractivity contribution in [1.29, 1.82) is 0 Å². The van der Waals surface area contributed by atoms with Crippen molar-refractivity contribution in [2.24, 2.45) is 4.99 Å². The minimum Gasteiger partial charge on any atom is -0.353 e. The van der Waals surface area contributed by atoms with E-state index in [1.165, 1.54) is 23.5 Å². The Kier molecular flexibility index (Phi) is 7.37. The second kappa shape index (κ2) is 9.36. The van der Waals surface area contributed by atoms with Crippen molar-refractivity contribution in [2.45, 2.75) is 26.1 Å². The van der Waals surface area contributed by atoms with Gasteiger partial charge in [0, 0.05) is 29.7 Å². The highest BCUT2D eigenvalue weighted by atomic mass is 32.1. The summed E-state index contributed by atoms with van der Waals surface area (Å²) >= 11 is 1.19. The molecule has 1 N–H and O–H groups in total. The van der Waals surface area contributed by atoms with Gasteiger partial charge in [-0.3, -0.25) is 9.59 Å². The van der Waals surface area contributed by atoms with E-state index < -0.39 is 23.7 Å². The molecule has 1 heterocycles. The fourth-order valence-corrected chi connectivity index (χ4v) is 3.39. The molecule has 1 atom stereocenters. The smallest absolute Gasteiger partial charge is 0.353 e. The first-order valence-electron chi connectivity index (χ1n) is 8.86. The summed E-state index contributed by atoms with van der Waals surface area (Å²) in [6.07, 6.45) is -2.85. The molecule has 1 unspecified atom stereocenters. The molecule has 0 bridgehead atoms. The highest BCUT2D eigenvalue weighted by Crippen LogP contribution is 2.29. The highest BCUT2D eigenvalue weighted by Gasteiger charge is 2.31. The molecule has 0 saturated carbocycles. The Morgan fingerprint density at radius 2 is 2.00 bits per heavy atom. The molecule has 6 nitrogen and oxygen atoms in total. The Balaban J connectivity index is 2.28. The molecule has 0 saturated heterocycles. The Morgan fingerprint density at radius 3 is 2.62 bits per heavy atom. The van der Waals surface area contributed by atoms with Crippen molar-refractivity contribution in [1.82, 2.24) is 14.8 Å². The van der Waals surface area contributed by atoms with Crippen LogP contribution in [-0.2, 0) is 11.0 Å². The number of alkyl halides is 3. The Hall–Kier alpha value is -2.46. The van der Waals surface area contributed by atoms with Gasteiger partial charge in [-0.25, -0.2) is 0 Å². The average molecular weight is 428 g/mol. The van der Waals surface area contributed by atoms with Gasteiger partial charge in [-0.15, -0.1) is 11.3 Å². The van der Waals surface area contributed by atoms with Gasteiger partial charge in [0.05, 0.1) is 5.56 Å². The lowest BCUT2D eigenvalue weighted by molar-refractivity contribution is -0.137. The minimum atomic E-state index is -4.55.